The zero-order valence-electron chi connectivity index (χ0n) is 10.9. The summed E-state index contributed by atoms with van der Waals surface area (Å²) in [5, 5.41) is 0. The van der Waals surface area contributed by atoms with Crippen LogP contribution in [0.4, 0.5) is 0 Å². The van der Waals surface area contributed by atoms with E-state index in [1.54, 1.807) is 18.2 Å². The van der Waals surface area contributed by atoms with E-state index < -0.39 is 10.0 Å². The number of hydrogen-bond donors (Lipinski definition) is 2. The minimum absolute atomic E-state index is 0.187. The van der Waals surface area contributed by atoms with E-state index in [2.05, 4.69) is 4.72 Å². The predicted molar refractivity (Wildman–Crippen MR) is 90.6 cm³/mol. The topological polar surface area (TPSA) is 72.2 Å². The first-order valence-corrected chi connectivity index (χ1v) is 9.11. The molecular weight excluding hydrogens is 348 g/mol. The lowest BCUT2D eigenvalue weighted by molar-refractivity contribution is 0.582. The Bertz CT molecular complexity index is 739. The molecule has 3 N–H and O–H groups in total. The molecule has 2 rings (SSSR count). The molecule has 0 radical (unpaired) electrons. The molecule has 0 fully saturated rings. The molecular formula is C13H13ClN2O2S3. The average Bonchev–Trinajstić information content (AvgIpc) is 2.84. The van der Waals surface area contributed by atoms with Crippen molar-refractivity contribution in [2.75, 3.05) is 6.54 Å². The van der Waals surface area contributed by atoms with Gasteiger partial charge in [0.1, 0.15) is 4.99 Å². The summed E-state index contributed by atoms with van der Waals surface area (Å²) in [5.41, 5.74) is 6.11. The van der Waals surface area contributed by atoms with Gasteiger partial charge in [-0.15, -0.1) is 11.3 Å². The summed E-state index contributed by atoms with van der Waals surface area (Å²) in [5.74, 6) is 0. The van der Waals surface area contributed by atoms with Crippen molar-refractivity contribution in [3.63, 3.8) is 0 Å². The van der Waals surface area contributed by atoms with E-state index in [0.29, 0.717) is 22.9 Å². The summed E-state index contributed by atoms with van der Waals surface area (Å²) in [6.45, 7) is 0.316. The molecule has 0 amide bonds. The first-order chi connectivity index (χ1) is 9.88. The summed E-state index contributed by atoms with van der Waals surface area (Å²) < 4.78 is 27.5. The Kier molecular flexibility index (Phi) is 5.34. The second-order valence-corrected chi connectivity index (χ2v) is 8.25. The summed E-state index contributed by atoms with van der Waals surface area (Å²) in [6.07, 6.45) is 0.599. The standard InChI is InChI=1S/C13H13ClN2O2S3/c14-12-6-3-10(20-12)7-8-16-21(17,18)11-4-1-9(2-5-11)13(15)19/h1-6,16H,7-8H2,(H2,15,19). The van der Waals surface area contributed by atoms with Crippen molar-refractivity contribution < 1.29 is 8.42 Å². The molecule has 0 aliphatic heterocycles. The lowest BCUT2D eigenvalue weighted by Gasteiger charge is -2.07. The maximum Gasteiger partial charge on any atom is 0.240 e. The third-order valence-corrected chi connectivity index (χ3v) is 5.75. The van der Waals surface area contributed by atoms with E-state index in [0.717, 1.165) is 4.88 Å². The fourth-order valence-electron chi connectivity index (χ4n) is 1.68. The zero-order chi connectivity index (χ0) is 15.5. The van der Waals surface area contributed by atoms with Crippen LogP contribution in [0.1, 0.15) is 10.4 Å². The van der Waals surface area contributed by atoms with Gasteiger partial charge in [-0.2, -0.15) is 0 Å². The van der Waals surface area contributed by atoms with Crippen LogP contribution in [0.25, 0.3) is 0 Å². The van der Waals surface area contributed by atoms with Crippen LogP contribution in [0.3, 0.4) is 0 Å². The van der Waals surface area contributed by atoms with Crippen LogP contribution < -0.4 is 10.5 Å². The van der Waals surface area contributed by atoms with Crippen LogP contribution in [0.15, 0.2) is 41.3 Å². The molecule has 0 aliphatic rings. The van der Waals surface area contributed by atoms with E-state index in [-0.39, 0.29) is 9.88 Å². The van der Waals surface area contributed by atoms with Gasteiger partial charge in [-0.25, -0.2) is 13.1 Å². The summed E-state index contributed by atoms with van der Waals surface area (Å²) >= 11 is 12.1. The Morgan fingerprint density at radius 1 is 1.24 bits per heavy atom. The van der Waals surface area contributed by atoms with E-state index >= 15 is 0 Å². The largest absolute Gasteiger partial charge is 0.389 e. The fourth-order valence-corrected chi connectivity index (χ4v) is 3.93. The molecule has 1 heterocycles. The van der Waals surface area contributed by atoms with Gasteiger partial charge in [-0.3, -0.25) is 0 Å². The van der Waals surface area contributed by atoms with Crippen molar-refractivity contribution in [2.24, 2.45) is 5.73 Å². The van der Waals surface area contributed by atoms with Crippen molar-refractivity contribution in [2.45, 2.75) is 11.3 Å². The molecule has 1 aromatic heterocycles. The normalized spacial score (nSPS) is 11.5. The predicted octanol–water partition coefficient (Wildman–Crippen LogP) is 2.56. The van der Waals surface area contributed by atoms with Gasteiger partial charge in [0.05, 0.1) is 9.23 Å². The number of thiophene rings is 1. The molecule has 8 heteroatoms. The van der Waals surface area contributed by atoms with Crippen LogP contribution in [-0.2, 0) is 16.4 Å². The lowest BCUT2D eigenvalue weighted by Crippen LogP contribution is -2.25. The quantitative estimate of drug-likeness (QED) is 0.776. The van der Waals surface area contributed by atoms with Crippen LogP contribution in [0.2, 0.25) is 4.34 Å². The second kappa shape index (κ2) is 6.85. The third-order valence-electron chi connectivity index (χ3n) is 2.74. The molecule has 1 aromatic carbocycles. The molecule has 0 saturated heterocycles. The fraction of sp³-hybridized carbons (Fsp3) is 0.154. The first kappa shape index (κ1) is 16.4. The number of thiocarbonyl (C=S) groups is 1. The van der Waals surface area contributed by atoms with Gasteiger partial charge in [0, 0.05) is 17.0 Å². The summed E-state index contributed by atoms with van der Waals surface area (Å²) in [6, 6.07) is 9.84. The molecule has 112 valence electrons. The van der Waals surface area contributed by atoms with Gasteiger partial charge >= 0.3 is 0 Å². The van der Waals surface area contributed by atoms with Crippen molar-refractivity contribution >= 4 is 50.2 Å². The number of halogens is 1. The molecule has 21 heavy (non-hydrogen) atoms. The van der Waals surface area contributed by atoms with Gasteiger partial charge in [0.25, 0.3) is 0 Å². The van der Waals surface area contributed by atoms with Gasteiger partial charge in [-0.1, -0.05) is 36.0 Å². The highest BCUT2D eigenvalue weighted by Gasteiger charge is 2.13. The number of sulfonamides is 1. The second-order valence-electron chi connectivity index (χ2n) is 4.24. The zero-order valence-corrected chi connectivity index (χ0v) is 14.1. The van der Waals surface area contributed by atoms with E-state index in [1.165, 1.54) is 23.5 Å². The molecule has 0 saturated carbocycles. The number of hydrogen-bond acceptors (Lipinski definition) is 4. The molecule has 0 aliphatic carbocycles. The maximum atomic E-state index is 12.1. The number of rotatable bonds is 6. The number of benzene rings is 1. The highest BCUT2D eigenvalue weighted by atomic mass is 35.5. The maximum absolute atomic E-state index is 12.1. The lowest BCUT2D eigenvalue weighted by atomic mass is 10.2. The smallest absolute Gasteiger partial charge is 0.240 e. The monoisotopic (exact) mass is 360 g/mol. The van der Waals surface area contributed by atoms with Gasteiger partial charge in [0.2, 0.25) is 10.0 Å². The van der Waals surface area contributed by atoms with Crippen LogP contribution in [0.5, 0.6) is 0 Å². The number of nitrogens with two attached hydrogens (primary N) is 1. The van der Waals surface area contributed by atoms with Crippen LogP contribution in [0, 0.1) is 0 Å². The Morgan fingerprint density at radius 3 is 2.43 bits per heavy atom. The molecule has 0 bridgehead atoms. The van der Waals surface area contributed by atoms with Crippen LogP contribution >= 0.6 is 35.2 Å². The van der Waals surface area contributed by atoms with Crippen molar-refractivity contribution in [3.8, 4) is 0 Å². The Morgan fingerprint density at radius 2 is 1.90 bits per heavy atom. The summed E-state index contributed by atoms with van der Waals surface area (Å²) in [4.78, 5) is 1.46. The minimum Gasteiger partial charge on any atom is -0.389 e. The van der Waals surface area contributed by atoms with Gasteiger partial charge < -0.3 is 5.73 Å². The average molecular weight is 361 g/mol. The molecule has 0 unspecified atom stereocenters. The highest BCUT2D eigenvalue weighted by molar-refractivity contribution is 7.89. The Hall–Kier alpha value is -0.990. The summed E-state index contributed by atoms with van der Waals surface area (Å²) in [7, 11) is -3.53. The first-order valence-electron chi connectivity index (χ1n) is 6.02. The highest BCUT2D eigenvalue weighted by Crippen LogP contribution is 2.21. The molecule has 0 spiro atoms. The Balaban J connectivity index is 1.99. The molecule has 0 atom stereocenters. The third kappa shape index (κ3) is 4.49. The SMILES string of the molecule is NC(=S)c1ccc(S(=O)(=O)NCCc2ccc(Cl)s2)cc1. The van der Waals surface area contributed by atoms with Crippen molar-refractivity contribution in [1.82, 2.24) is 4.72 Å². The van der Waals surface area contributed by atoms with E-state index in [4.69, 9.17) is 29.6 Å². The minimum atomic E-state index is -3.53. The van der Waals surface area contributed by atoms with E-state index in [1.807, 2.05) is 6.07 Å². The van der Waals surface area contributed by atoms with Gasteiger partial charge in [-0.05, 0) is 30.7 Å². The molecule has 2 aromatic rings. The van der Waals surface area contributed by atoms with Crippen LogP contribution in [-0.4, -0.2) is 20.0 Å². The van der Waals surface area contributed by atoms with Crippen molar-refractivity contribution in [3.05, 3.63) is 51.2 Å². The Labute approximate surface area is 138 Å². The van der Waals surface area contributed by atoms with Crippen molar-refractivity contribution in [1.29, 1.82) is 0 Å². The molecule has 4 nitrogen and oxygen atoms in total. The number of nitrogens with one attached hydrogen (secondary N) is 1. The van der Waals surface area contributed by atoms with Gasteiger partial charge in [0.15, 0.2) is 0 Å². The van der Waals surface area contributed by atoms with E-state index in [9.17, 15) is 8.42 Å².